The van der Waals surface area contributed by atoms with E-state index in [2.05, 4.69) is 5.32 Å². The van der Waals surface area contributed by atoms with E-state index in [1.165, 1.54) is 17.4 Å². The highest BCUT2D eigenvalue weighted by Crippen LogP contribution is 2.35. The average Bonchev–Trinajstić information content (AvgIpc) is 3.39. The molecule has 7 nitrogen and oxygen atoms in total. The zero-order valence-electron chi connectivity index (χ0n) is 16.1. The monoisotopic (exact) mass is 435 g/mol. The van der Waals surface area contributed by atoms with Crippen molar-refractivity contribution < 1.29 is 29.0 Å². The molecule has 1 atom stereocenters. The highest BCUT2D eigenvalue weighted by atomic mass is 32.1. The number of allylic oxidation sites excluding steroid dienone is 1. The van der Waals surface area contributed by atoms with Crippen LogP contribution in [0.25, 0.3) is 6.08 Å². The van der Waals surface area contributed by atoms with Gasteiger partial charge in [0.1, 0.15) is 11.5 Å². The molecule has 0 saturated heterocycles. The second-order valence-electron chi connectivity index (χ2n) is 6.65. The van der Waals surface area contributed by atoms with Gasteiger partial charge in [0.15, 0.2) is 18.4 Å². The number of ether oxygens (including phenoxy) is 2. The number of hydrogen-bond acceptors (Lipinski definition) is 6. The summed E-state index contributed by atoms with van der Waals surface area (Å²) < 4.78 is 11.1. The second-order valence-corrected chi connectivity index (χ2v) is 7.63. The topological polar surface area (TPSA) is 102 Å². The molecule has 2 aromatic carbocycles. The minimum Gasteiger partial charge on any atom is -0.484 e. The van der Waals surface area contributed by atoms with Crippen molar-refractivity contribution >= 4 is 35.1 Å². The van der Waals surface area contributed by atoms with Crippen LogP contribution in [0.3, 0.4) is 0 Å². The van der Waals surface area contributed by atoms with Crippen molar-refractivity contribution in [2.24, 2.45) is 0 Å². The average molecular weight is 435 g/mol. The summed E-state index contributed by atoms with van der Waals surface area (Å²) in [5.74, 6) is -1.09. The second kappa shape index (κ2) is 8.85. The Morgan fingerprint density at radius 2 is 1.94 bits per heavy atom. The number of carbonyl (C=O) groups excluding carboxylic acids is 2. The maximum atomic E-state index is 12.5. The Bertz CT molecular complexity index is 1150. The molecule has 0 radical (unpaired) electrons. The van der Waals surface area contributed by atoms with E-state index in [-0.39, 0.29) is 18.1 Å². The number of carboxylic acid groups (broad SMARTS) is 1. The number of nitrogens with one attached hydrogen (secondary N) is 1. The number of benzene rings is 2. The first kappa shape index (κ1) is 20.4. The number of ketones is 1. The van der Waals surface area contributed by atoms with Crippen molar-refractivity contribution in [2.75, 3.05) is 6.61 Å². The Balaban J connectivity index is 1.40. The van der Waals surface area contributed by atoms with Crippen molar-refractivity contribution in [3.8, 4) is 11.5 Å². The first-order chi connectivity index (χ1) is 15.0. The molecule has 0 bridgehead atoms. The SMILES string of the molecule is O=C(COc1ccc2c(c1)O/C(=C\c1cccs1)C2=O)NC(C(=O)O)c1ccccc1. The summed E-state index contributed by atoms with van der Waals surface area (Å²) in [5.41, 5.74) is 0.868. The zero-order valence-corrected chi connectivity index (χ0v) is 16.9. The van der Waals surface area contributed by atoms with Crippen molar-refractivity contribution in [3.05, 3.63) is 87.8 Å². The summed E-state index contributed by atoms with van der Waals surface area (Å²) in [6, 6.07) is 15.6. The number of rotatable bonds is 7. The summed E-state index contributed by atoms with van der Waals surface area (Å²) >= 11 is 1.49. The van der Waals surface area contributed by atoms with Gasteiger partial charge >= 0.3 is 5.97 Å². The van der Waals surface area contributed by atoms with Crippen LogP contribution in [-0.4, -0.2) is 29.4 Å². The van der Waals surface area contributed by atoms with Gasteiger partial charge in [0, 0.05) is 17.0 Å². The van der Waals surface area contributed by atoms with Crippen LogP contribution in [0.1, 0.15) is 26.8 Å². The van der Waals surface area contributed by atoms with Crippen LogP contribution in [0.2, 0.25) is 0 Å². The van der Waals surface area contributed by atoms with Gasteiger partial charge in [-0.3, -0.25) is 9.59 Å². The zero-order chi connectivity index (χ0) is 21.8. The van der Waals surface area contributed by atoms with Gasteiger partial charge in [-0.25, -0.2) is 4.79 Å². The summed E-state index contributed by atoms with van der Waals surface area (Å²) in [6.07, 6.45) is 1.68. The van der Waals surface area contributed by atoms with Gasteiger partial charge in [-0.2, -0.15) is 0 Å². The lowest BCUT2D eigenvalue weighted by atomic mass is 10.1. The first-order valence-electron chi connectivity index (χ1n) is 9.33. The van der Waals surface area contributed by atoms with Crippen LogP contribution >= 0.6 is 11.3 Å². The number of hydrogen-bond donors (Lipinski definition) is 2. The maximum absolute atomic E-state index is 12.5. The Labute approximate surface area is 181 Å². The minimum absolute atomic E-state index is 0.222. The summed E-state index contributed by atoms with van der Waals surface area (Å²) in [6.45, 7) is -0.388. The molecule has 0 saturated carbocycles. The first-order valence-corrected chi connectivity index (χ1v) is 10.2. The van der Waals surface area contributed by atoms with Gasteiger partial charge in [-0.1, -0.05) is 36.4 Å². The van der Waals surface area contributed by atoms with Gasteiger partial charge in [0.2, 0.25) is 5.78 Å². The van der Waals surface area contributed by atoms with E-state index in [1.54, 1.807) is 48.5 Å². The quantitative estimate of drug-likeness (QED) is 0.549. The Hall–Kier alpha value is -3.91. The van der Waals surface area contributed by atoms with Gasteiger partial charge in [0.05, 0.1) is 5.56 Å². The number of fused-ring (bicyclic) bond motifs is 1. The number of Topliss-reactive ketones (excluding diaryl/α,β-unsaturated/α-hetero) is 1. The fraction of sp³-hybridized carbons (Fsp3) is 0.0870. The van der Waals surface area contributed by atoms with Crippen molar-refractivity contribution in [1.29, 1.82) is 0 Å². The van der Waals surface area contributed by atoms with E-state index in [9.17, 15) is 19.5 Å². The minimum atomic E-state index is -1.18. The Morgan fingerprint density at radius 1 is 1.13 bits per heavy atom. The van der Waals surface area contributed by atoms with Crippen molar-refractivity contribution in [1.82, 2.24) is 5.32 Å². The molecule has 1 aliphatic rings. The third kappa shape index (κ3) is 4.65. The fourth-order valence-electron chi connectivity index (χ4n) is 3.04. The lowest BCUT2D eigenvalue weighted by Crippen LogP contribution is -2.36. The van der Waals surface area contributed by atoms with E-state index >= 15 is 0 Å². The lowest BCUT2D eigenvalue weighted by molar-refractivity contribution is -0.142. The number of amides is 1. The molecule has 2 heterocycles. The number of thiophene rings is 1. The largest absolute Gasteiger partial charge is 0.484 e. The van der Waals surface area contributed by atoms with Crippen LogP contribution in [0.4, 0.5) is 0 Å². The molecule has 1 amide bonds. The molecule has 31 heavy (non-hydrogen) atoms. The van der Waals surface area contributed by atoms with Gasteiger partial charge in [-0.05, 0) is 29.1 Å². The molecular formula is C23H17NO6S. The number of carbonyl (C=O) groups is 3. The van der Waals surface area contributed by atoms with E-state index in [4.69, 9.17) is 9.47 Å². The van der Waals surface area contributed by atoms with Gasteiger partial charge < -0.3 is 19.9 Å². The molecule has 8 heteroatoms. The van der Waals surface area contributed by atoms with Crippen LogP contribution in [-0.2, 0) is 9.59 Å². The maximum Gasteiger partial charge on any atom is 0.330 e. The highest BCUT2D eigenvalue weighted by Gasteiger charge is 2.28. The van der Waals surface area contributed by atoms with Crippen molar-refractivity contribution in [3.63, 3.8) is 0 Å². The van der Waals surface area contributed by atoms with Gasteiger partial charge in [-0.15, -0.1) is 11.3 Å². The smallest absolute Gasteiger partial charge is 0.330 e. The third-order valence-corrected chi connectivity index (χ3v) is 5.33. The number of aliphatic carboxylic acids is 1. The molecule has 1 aliphatic heterocycles. The number of carboxylic acids is 1. The normalized spacial score (nSPS) is 14.6. The van der Waals surface area contributed by atoms with E-state index in [0.29, 0.717) is 22.6 Å². The highest BCUT2D eigenvalue weighted by molar-refractivity contribution is 7.10. The van der Waals surface area contributed by atoms with E-state index in [1.807, 2.05) is 17.5 Å². The van der Waals surface area contributed by atoms with Crippen molar-refractivity contribution in [2.45, 2.75) is 6.04 Å². The molecule has 3 aromatic rings. The molecule has 1 aromatic heterocycles. The lowest BCUT2D eigenvalue weighted by Gasteiger charge is -2.15. The summed E-state index contributed by atoms with van der Waals surface area (Å²) in [7, 11) is 0. The summed E-state index contributed by atoms with van der Waals surface area (Å²) in [4.78, 5) is 37.1. The molecule has 0 fully saturated rings. The van der Waals surface area contributed by atoms with Crippen LogP contribution in [0.15, 0.2) is 71.8 Å². The molecule has 156 valence electrons. The molecule has 0 spiro atoms. The van der Waals surface area contributed by atoms with Gasteiger partial charge in [0.25, 0.3) is 5.91 Å². The molecule has 4 rings (SSSR count). The molecular weight excluding hydrogens is 418 g/mol. The predicted octanol–water partition coefficient (Wildman–Crippen LogP) is 3.69. The molecule has 1 unspecified atom stereocenters. The predicted molar refractivity (Wildman–Crippen MR) is 114 cm³/mol. The standard InChI is InChI=1S/C23H17NO6S/c25-20(24-21(23(27)28)14-5-2-1-3-6-14)13-29-15-8-9-17-18(11-15)30-19(22(17)26)12-16-7-4-10-31-16/h1-12,21H,13H2,(H,24,25)(H,27,28)/b19-12-. The molecule has 0 aliphatic carbocycles. The van der Waals surface area contributed by atoms with E-state index in [0.717, 1.165) is 4.88 Å². The Kier molecular flexibility index (Phi) is 5.81. The Morgan fingerprint density at radius 3 is 2.65 bits per heavy atom. The fourth-order valence-corrected chi connectivity index (χ4v) is 3.69. The third-order valence-electron chi connectivity index (χ3n) is 4.51. The van der Waals surface area contributed by atoms with Crippen LogP contribution < -0.4 is 14.8 Å². The summed E-state index contributed by atoms with van der Waals surface area (Å²) in [5, 5.41) is 13.7. The molecule has 2 N–H and O–H groups in total. The van der Waals surface area contributed by atoms with E-state index < -0.39 is 17.9 Å². The van der Waals surface area contributed by atoms with Crippen LogP contribution in [0, 0.1) is 0 Å². The van der Waals surface area contributed by atoms with Crippen LogP contribution in [0.5, 0.6) is 11.5 Å².